The van der Waals surface area contributed by atoms with E-state index >= 15 is 0 Å². The summed E-state index contributed by atoms with van der Waals surface area (Å²) in [7, 11) is 0. The molecule has 0 bridgehead atoms. The lowest BCUT2D eigenvalue weighted by Crippen LogP contribution is -1.99. The zero-order valence-electron chi connectivity index (χ0n) is 11.3. The Bertz CT molecular complexity index is 414. The Hall–Kier alpha value is -0.950. The largest absolute Gasteiger partial charge is 0.119 e. The second-order valence-electron chi connectivity index (χ2n) is 5.29. The Morgan fingerprint density at radius 1 is 1.22 bits per heavy atom. The van der Waals surface area contributed by atoms with Crippen molar-refractivity contribution < 1.29 is 0 Å². The highest BCUT2D eigenvalue weighted by atomic mass is 32.2. The van der Waals surface area contributed by atoms with Gasteiger partial charge in [0.15, 0.2) is 0 Å². The van der Waals surface area contributed by atoms with E-state index in [0.29, 0.717) is 5.25 Å². The Morgan fingerprint density at radius 3 is 2.72 bits per heavy atom. The average Bonchev–Trinajstić information content (AvgIpc) is 2.55. The standard InChI is InChI=1S/C17H22S/c1-14(2)12-15-8-6-7-11-17(13-15)18-16-9-4-3-5-10-16/h3-6,8-10,13-14,17H,7,11-12H2,1-2H3. The minimum atomic E-state index is 0.621. The van der Waals surface area contributed by atoms with E-state index in [1.54, 1.807) is 0 Å². The van der Waals surface area contributed by atoms with Crippen LogP contribution in [0, 0.1) is 5.92 Å². The Kier molecular flexibility index (Phi) is 5.12. The minimum absolute atomic E-state index is 0.621. The third-order valence-electron chi connectivity index (χ3n) is 3.02. The molecule has 96 valence electrons. The van der Waals surface area contributed by atoms with Crippen LogP contribution < -0.4 is 0 Å². The van der Waals surface area contributed by atoms with Crippen molar-refractivity contribution >= 4 is 11.8 Å². The fourth-order valence-electron chi connectivity index (χ4n) is 2.25. The highest BCUT2D eigenvalue weighted by Crippen LogP contribution is 2.30. The van der Waals surface area contributed by atoms with Gasteiger partial charge in [-0.2, -0.15) is 0 Å². The summed E-state index contributed by atoms with van der Waals surface area (Å²) in [6, 6.07) is 10.7. The van der Waals surface area contributed by atoms with Crippen LogP contribution in [-0.4, -0.2) is 5.25 Å². The van der Waals surface area contributed by atoms with Crippen LogP contribution in [0.25, 0.3) is 0 Å². The molecule has 1 unspecified atom stereocenters. The highest BCUT2D eigenvalue weighted by molar-refractivity contribution is 8.00. The van der Waals surface area contributed by atoms with E-state index in [0.717, 1.165) is 5.92 Å². The summed E-state index contributed by atoms with van der Waals surface area (Å²) in [5.74, 6) is 0.737. The molecule has 0 amide bonds. The van der Waals surface area contributed by atoms with Gasteiger partial charge in [0.1, 0.15) is 0 Å². The lowest BCUT2D eigenvalue weighted by atomic mass is 10.0. The molecule has 1 aliphatic carbocycles. The van der Waals surface area contributed by atoms with Crippen LogP contribution in [0.15, 0.2) is 59.0 Å². The van der Waals surface area contributed by atoms with Gasteiger partial charge in [0.05, 0.1) is 0 Å². The highest BCUT2D eigenvalue weighted by Gasteiger charge is 2.11. The molecule has 1 aromatic rings. The first kappa shape index (κ1) is 13.5. The Balaban J connectivity index is 2.04. The molecule has 0 fully saturated rings. The first-order chi connectivity index (χ1) is 8.74. The van der Waals surface area contributed by atoms with Crippen molar-refractivity contribution in [1.82, 2.24) is 0 Å². The normalized spacial score (nSPS) is 19.7. The lowest BCUT2D eigenvalue weighted by Gasteiger charge is -2.12. The molecule has 1 heteroatoms. The summed E-state index contributed by atoms with van der Waals surface area (Å²) in [4.78, 5) is 1.38. The molecule has 1 aliphatic rings. The Morgan fingerprint density at radius 2 is 2.00 bits per heavy atom. The number of rotatable bonds is 4. The summed E-state index contributed by atoms with van der Waals surface area (Å²) in [6.07, 6.45) is 10.8. The van der Waals surface area contributed by atoms with Crippen LogP contribution in [0.1, 0.15) is 33.1 Å². The van der Waals surface area contributed by atoms with Crippen LogP contribution in [0.5, 0.6) is 0 Å². The first-order valence-corrected chi connectivity index (χ1v) is 7.71. The summed E-state index contributed by atoms with van der Waals surface area (Å²) in [5.41, 5.74) is 1.51. The average molecular weight is 258 g/mol. The van der Waals surface area contributed by atoms with E-state index in [2.05, 4.69) is 62.4 Å². The molecule has 0 nitrogen and oxygen atoms in total. The van der Waals surface area contributed by atoms with Gasteiger partial charge in [-0.15, -0.1) is 11.8 Å². The predicted molar refractivity (Wildman–Crippen MR) is 82.0 cm³/mol. The van der Waals surface area contributed by atoms with Crippen LogP contribution in [0.3, 0.4) is 0 Å². The first-order valence-electron chi connectivity index (χ1n) is 6.83. The monoisotopic (exact) mass is 258 g/mol. The third-order valence-corrected chi connectivity index (χ3v) is 4.24. The summed E-state index contributed by atoms with van der Waals surface area (Å²) in [5, 5.41) is 0.621. The molecule has 18 heavy (non-hydrogen) atoms. The molecular formula is C17H22S. The van der Waals surface area contributed by atoms with Crippen molar-refractivity contribution in [2.75, 3.05) is 0 Å². The van der Waals surface area contributed by atoms with Crippen molar-refractivity contribution in [1.29, 1.82) is 0 Å². The van der Waals surface area contributed by atoms with Gasteiger partial charge in [-0.1, -0.05) is 55.8 Å². The topological polar surface area (TPSA) is 0 Å². The van der Waals surface area contributed by atoms with Gasteiger partial charge in [0, 0.05) is 10.1 Å². The zero-order chi connectivity index (χ0) is 12.8. The van der Waals surface area contributed by atoms with E-state index in [-0.39, 0.29) is 0 Å². The molecular weight excluding hydrogens is 236 g/mol. The van der Waals surface area contributed by atoms with Crippen LogP contribution in [0.2, 0.25) is 0 Å². The molecule has 1 atom stereocenters. The minimum Gasteiger partial charge on any atom is -0.119 e. The third kappa shape index (κ3) is 4.38. The number of hydrogen-bond acceptors (Lipinski definition) is 1. The Labute approximate surface area is 115 Å². The van der Waals surface area contributed by atoms with E-state index < -0.39 is 0 Å². The van der Waals surface area contributed by atoms with Crippen molar-refractivity contribution in [3.05, 3.63) is 54.1 Å². The number of thioether (sulfide) groups is 1. The SMILES string of the molecule is CC(C)CC1=CC(Sc2ccccc2)CCC=C1. The van der Waals surface area contributed by atoms with Crippen LogP contribution in [-0.2, 0) is 0 Å². The van der Waals surface area contributed by atoms with Gasteiger partial charge < -0.3 is 0 Å². The molecule has 0 N–H and O–H groups in total. The maximum atomic E-state index is 2.47. The molecule has 0 saturated carbocycles. The lowest BCUT2D eigenvalue weighted by molar-refractivity contribution is 0.648. The van der Waals surface area contributed by atoms with E-state index in [1.807, 2.05) is 11.8 Å². The predicted octanol–water partition coefficient (Wildman–Crippen LogP) is 5.47. The van der Waals surface area contributed by atoms with Gasteiger partial charge >= 0.3 is 0 Å². The van der Waals surface area contributed by atoms with Gasteiger partial charge in [-0.05, 0) is 37.3 Å². The molecule has 0 heterocycles. The molecule has 0 radical (unpaired) electrons. The quantitative estimate of drug-likeness (QED) is 0.690. The smallest absolute Gasteiger partial charge is 0.0283 e. The second kappa shape index (κ2) is 6.84. The molecule has 0 spiro atoms. The van der Waals surface area contributed by atoms with Gasteiger partial charge in [0.25, 0.3) is 0 Å². The fraction of sp³-hybridized carbons (Fsp3) is 0.412. The number of benzene rings is 1. The zero-order valence-corrected chi connectivity index (χ0v) is 12.1. The van der Waals surface area contributed by atoms with E-state index in [9.17, 15) is 0 Å². The maximum absolute atomic E-state index is 2.47. The molecule has 2 rings (SSSR count). The van der Waals surface area contributed by atoms with Crippen molar-refractivity contribution in [2.45, 2.75) is 43.3 Å². The molecule has 1 aromatic carbocycles. The van der Waals surface area contributed by atoms with Crippen LogP contribution in [0.4, 0.5) is 0 Å². The number of hydrogen-bond donors (Lipinski definition) is 0. The van der Waals surface area contributed by atoms with E-state index in [1.165, 1.54) is 29.7 Å². The van der Waals surface area contributed by atoms with Gasteiger partial charge in [0.2, 0.25) is 0 Å². The maximum Gasteiger partial charge on any atom is 0.0283 e. The fourth-order valence-corrected chi connectivity index (χ4v) is 3.41. The van der Waals surface area contributed by atoms with Crippen molar-refractivity contribution in [2.24, 2.45) is 5.92 Å². The second-order valence-corrected chi connectivity index (χ2v) is 6.60. The summed E-state index contributed by atoms with van der Waals surface area (Å²) >= 11 is 1.99. The van der Waals surface area contributed by atoms with E-state index in [4.69, 9.17) is 0 Å². The summed E-state index contributed by atoms with van der Waals surface area (Å²) in [6.45, 7) is 4.58. The molecule has 0 aliphatic heterocycles. The number of allylic oxidation sites excluding steroid dienone is 3. The van der Waals surface area contributed by atoms with Crippen LogP contribution >= 0.6 is 11.8 Å². The van der Waals surface area contributed by atoms with Crippen molar-refractivity contribution in [3.63, 3.8) is 0 Å². The van der Waals surface area contributed by atoms with Gasteiger partial charge in [-0.3, -0.25) is 0 Å². The molecule has 0 aromatic heterocycles. The molecule has 0 saturated heterocycles. The van der Waals surface area contributed by atoms with Gasteiger partial charge in [-0.25, -0.2) is 0 Å². The summed E-state index contributed by atoms with van der Waals surface area (Å²) < 4.78 is 0. The van der Waals surface area contributed by atoms with Crippen molar-refractivity contribution in [3.8, 4) is 0 Å².